The van der Waals surface area contributed by atoms with Gasteiger partial charge in [-0.1, -0.05) is 30.3 Å². The average Bonchev–Trinajstić information content (AvgIpc) is 2.96. The number of nitrogens with zero attached hydrogens (tertiary/aromatic N) is 2. The molecule has 2 aliphatic heterocycles. The lowest BCUT2D eigenvalue weighted by molar-refractivity contribution is 0.00737. The smallest absolute Gasteiger partial charge is 0.349 e. The monoisotopic (exact) mass is 395 g/mol. The quantitative estimate of drug-likeness (QED) is 0.839. The lowest BCUT2D eigenvalue weighted by atomic mass is 9.88. The van der Waals surface area contributed by atoms with Crippen LogP contribution >= 0.6 is 0 Å². The van der Waals surface area contributed by atoms with E-state index in [1.165, 1.54) is 5.56 Å². The first-order chi connectivity index (χ1) is 13.9. The van der Waals surface area contributed by atoms with Gasteiger partial charge in [0, 0.05) is 33.1 Å². The van der Waals surface area contributed by atoms with Crippen molar-refractivity contribution >= 4 is 11.9 Å². The van der Waals surface area contributed by atoms with Crippen LogP contribution in [0.15, 0.2) is 45.6 Å². The van der Waals surface area contributed by atoms with Gasteiger partial charge in [-0.25, -0.2) is 9.59 Å². The molecule has 0 saturated carbocycles. The van der Waals surface area contributed by atoms with E-state index >= 15 is 0 Å². The predicted molar refractivity (Wildman–Crippen MR) is 108 cm³/mol. The summed E-state index contributed by atoms with van der Waals surface area (Å²) in [6.45, 7) is 3.12. The maximum atomic E-state index is 12.8. The summed E-state index contributed by atoms with van der Waals surface area (Å²) in [6.07, 6.45) is 2.41. The number of carbonyl (C=O) groups is 2. The number of likely N-dealkylation sites (tertiary alicyclic amines) is 1. The zero-order valence-electron chi connectivity index (χ0n) is 16.7. The van der Waals surface area contributed by atoms with Gasteiger partial charge >= 0.3 is 11.7 Å². The number of benzene rings is 1. The normalized spacial score (nSPS) is 17.4. The molecule has 1 aromatic heterocycles. The van der Waals surface area contributed by atoms with E-state index in [2.05, 4.69) is 17.4 Å². The molecule has 0 unspecified atom stereocenters. The lowest BCUT2D eigenvalue weighted by Crippen LogP contribution is -2.70. The lowest BCUT2D eigenvalue weighted by Gasteiger charge is -2.50. The zero-order valence-corrected chi connectivity index (χ0v) is 16.7. The van der Waals surface area contributed by atoms with Crippen LogP contribution in [0.3, 0.4) is 0 Å². The van der Waals surface area contributed by atoms with E-state index in [-0.39, 0.29) is 23.0 Å². The minimum Gasteiger partial charge on any atom is -0.427 e. The van der Waals surface area contributed by atoms with E-state index in [4.69, 9.17) is 4.42 Å². The van der Waals surface area contributed by atoms with Crippen molar-refractivity contribution in [1.29, 1.82) is 0 Å². The molecule has 0 radical (unpaired) electrons. The second-order valence-electron chi connectivity index (χ2n) is 8.00. The Kier molecular flexibility index (Phi) is 4.90. The Hall–Kier alpha value is -3.09. The first kappa shape index (κ1) is 19.2. The number of likely N-dealkylation sites (N-methyl/N-ethyl adjacent to an activating group) is 1. The Morgan fingerprint density at radius 1 is 1.17 bits per heavy atom. The van der Waals surface area contributed by atoms with Gasteiger partial charge in [-0.05, 0) is 37.0 Å². The minimum atomic E-state index is -0.584. The highest BCUT2D eigenvalue weighted by Crippen LogP contribution is 2.31. The Balaban J connectivity index is 1.40. The van der Waals surface area contributed by atoms with Crippen molar-refractivity contribution < 1.29 is 14.0 Å². The molecule has 0 atom stereocenters. The van der Waals surface area contributed by atoms with Gasteiger partial charge < -0.3 is 19.5 Å². The number of rotatable bonds is 5. The highest BCUT2D eigenvalue weighted by Gasteiger charge is 2.53. The fourth-order valence-electron chi connectivity index (χ4n) is 4.15. The number of nitrogens with one attached hydrogen (secondary N) is 1. The molecule has 2 aromatic rings. The summed E-state index contributed by atoms with van der Waals surface area (Å²) in [4.78, 5) is 40.3. The Morgan fingerprint density at radius 2 is 1.90 bits per heavy atom. The third-order valence-electron chi connectivity index (χ3n) is 5.99. The third-order valence-corrected chi connectivity index (χ3v) is 5.99. The molecule has 1 aromatic carbocycles. The zero-order chi connectivity index (χ0) is 20.6. The maximum Gasteiger partial charge on any atom is 0.349 e. The van der Waals surface area contributed by atoms with Crippen LogP contribution in [0.5, 0.6) is 0 Å². The van der Waals surface area contributed by atoms with Gasteiger partial charge in [0.15, 0.2) is 0 Å². The molecule has 7 nitrogen and oxygen atoms in total. The van der Waals surface area contributed by atoms with E-state index in [0.29, 0.717) is 37.4 Å². The molecule has 2 saturated heterocycles. The summed E-state index contributed by atoms with van der Waals surface area (Å²) in [5, 5.41) is 2.79. The molecular weight excluding hydrogens is 370 g/mol. The summed E-state index contributed by atoms with van der Waals surface area (Å²) < 4.78 is 5.44. The van der Waals surface area contributed by atoms with Crippen LogP contribution in [0.25, 0.3) is 0 Å². The maximum absolute atomic E-state index is 12.8. The Labute approximate surface area is 169 Å². The molecule has 0 bridgehead atoms. The van der Waals surface area contributed by atoms with Gasteiger partial charge in [-0.3, -0.25) is 4.79 Å². The molecule has 1 N–H and O–H groups in total. The van der Waals surface area contributed by atoms with Gasteiger partial charge in [-0.2, -0.15) is 0 Å². The van der Waals surface area contributed by atoms with Crippen LogP contribution in [-0.2, 0) is 12.8 Å². The molecule has 3 heterocycles. The summed E-state index contributed by atoms with van der Waals surface area (Å²) in [6, 6.07) is 11.8. The Bertz CT molecular complexity index is 993. The van der Waals surface area contributed by atoms with Gasteiger partial charge in [0.2, 0.25) is 0 Å². The van der Waals surface area contributed by atoms with Crippen molar-refractivity contribution in [1.82, 2.24) is 15.1 Å². The molecule has 29 heavy (non-hydrogen) atoms. The molecule has 152 valence electrons. The van der Waals surface area contributed by atoms with Crippen LogP contribution in [0.1, 0.15) is 33.7 Å². The van der Waals surface area contributed by atoms with Gasteiger partial charge in [0.25, 0.3) is 5.91 Å². The van der Waals surface area contributed by atoms with E-state index < -0.39 is 5.63 Å². The SMILES string of the molecule is Cc1cc(CCCc2ccccc2)oc(=O)c1C(=O)N1CC2(CNC(=O)N2C)C1. The second kappa shape index (κ2) is 7.39. The number of carbonyl (C=O) groups excluding carboxylic acids is 2. The summed E-state index contributed by atoms with van der Waals surface area (Å²) in [5.41, 5.74) is 1.02. The van der Waals surface area contributed by atoms with Crippen LogP contribution in [0.2, 0.25) is 0 Å². The number of amides is 3. The molecule has 0 aliphatic carbocycles. The Morgan fingerprint density at radius 3 is 2.52 bits per heavy atom. The summed E-state index contributed by atoms with van der Waals surface area (Å²) >= 11 is 0. The largest absolute Gasteiger partial charge is 0.427 e. The molecule has 4 rings (SSSR count). The summed E-state index contributed by atoms with van der Waals surface area (Å²) in [5.74, 6) is 0.274. The fraction of sp³-hybridized carbons (Fsp3) is 0.409. The molecule has 7 heteroatoms. The van der Waals surface area contributed by atoms with E-state index in [1.54, 1.807) is 29.8 Å². The van der Waals surface area contributed by atoms with Gasteiger partial charge in [0.1, 0.15) is 11.3 Å². The first-order valence-corrected chi connectivity index (χ1v) is 9.88. The standard InChI is InChI=1S/C22H25N3O4/c1-15-11-17(10-6-9-16-7-4-3-5-8-16)29-20(27)18(15)19(26)25-13-22(14-25)12-23-21(28)24(22)2/h3-5,7-8,11H,6,9-10,12-14H2,1-2H3,(H,23,28). The van der Waals surface area contributed by atoms with Crippen molar-refractivity contribution in [3.05, 3.63) is 69.3 Å². The molecule has 1 spiro atoms. The van der Waals surface area contributed by atoms with E-state index in [0.717, 1.165) is 12.8 Å². The topological polar surface area (TPSA) is 82.9 Å². The fourth-order valence-corrected chi connectivity index (χ4v) is 4.15. The number of aryl methyl sites for hydroxylation is 3. The predicted octanol–water partition coefficient (Wildman–Crippen LogP) is 1.97. The summed E-state index contributed by atoms with van der Waals surface area (Å²) in [7, 11) is 1.73. The van der Waals surface area contributed by atoms with Crippen molar-refractivity contribution in [2.45, 2.75) is 31.7 Å². The van der Waals surface area contributed by atoms with Crippen LogP contribution in [0.4, 0.5) is 4.79 Å². The van der Waals surface area contributed by atoms with Crippen molar-refractivity contribution in [2.75, 3.05) is 26.7 Å². The molecule has 3 amide bonds. The average molecular weight is 395 g/mol. The third kappa shape index (κ3) is 3.52. The highest BCUT2D eigenvalue weighted by molar-refractivity contribution is 5.96. The van der Waals surface area contributed by atoms with Crippen molar-refractivity contribution in [2.24, 2.45) is 0 Å². The minimum absolute atomic E-state index is 0.0894. The van der Waals surface area contributed by atoms with Gasteiger partial charge in [-0.15, -0.1) is 0 Å². The number of urea groups is 1. The van der Waals surface area contributed by atoms with E-state index in [9.17, 15) is 14.4 Å². The number of hydrogen-bond donors (Lipinski definition) is 1. The molecule has 2 aliphatic rings. The van der Waals surface area contributed by atoms with Crippen molar-refractivity contribution in [3.63, 3.8) is 0 Å². The van der Waals surface area contributed by atoms with Crippen LogP contribution in [-0.4, -0.2) is 54.0 Å². The molecular formula is C22H25N3O4. The first-order valence-electron chi connectivity index (χ1n) is 9.88. The van der Waals surface area contributed by atoms with E-state index in [1.807, 2.05) is 18.2 Å². The van der Waals surface area contributed by atoms with Crippen molar-refractivity contribution in [3.8, 4) is 0 Å². The van der Waals surface area contributed by atoms with Crippen LogP contribution < -0.4 is 10.9 Å². The second-order valence-corrected chi connectivity index (χ2v) is 8.00. The molecule has 2 fully saturated rings. The van der Waals surface area contributed by atoms with Gasteiger partial charge in [0.05, 0.1) is 5.54 Å². The highest BCUT2D eigenvalue weighted by atomic mass is 16.4. The van der Waals surface area contributed by atoms with Crippen LogP contribution in [0, 0.1) is 6.92 Å². The number of hydrogen-bond acceptors (Lipinski definition) is 4.